The highest BCUT2D eigenvalue weighted by Gasteiger charge is 2.52. The summed E-state index contributed by atoms with van der Waals surface area (Å²) < 4.78 is 15.9. The van der Waals surface area contributed by atoms with Gasteiger partial charge in [0, 0.05) is 48.0 Å². The molecule has 0 unspecified atom stereocenters. The smallest absolute Gasteiger partial charge is 0.398 e. The standard InChI is InChI=1S/C12H21BN2O2.C12H15N3O.C6H6ClNO/c1-9(2)15-10(7-8-14-15)13-16-11(3,4)12(5,6)17-13;1-9(2)15-11(5-7-14-15)12-10(8-16)4-3-6-13-12;7-6-5(4-9)2-1-3-8-6/h7-9H,1-6H3;3-7,9,16H,8H2,1-2H3;1-3,9H,4H2. The first-order valence-corrected chi connectivity index (χ1v) is 14.4. The van der Waals surface area contributed by atoms with Crippen molar-refractivity contribution in [1.29, 1.82) is 0 Å². The zero-order chi connectivity index (χ0) is 31.1. The summed E-state index contributed by atoms with van der Waals surface area (Å²) in [6.45, 7) is 16.5. The van der Waals surface area contributed by atoms with Crippen LogP contribution < -0.4 is 5.59 Å². The molecule has 0 atom stereocenters. The van der Waals surface area contributed by atoms with Crippen molar-refractivity contribution in [3.05, 3.63) is 77.5 Å². The molecule has 1 saturated heterocycles. The Kier molecular flexibility index (Phi) is 11.5. The first-order chi connectivity index (χ1) is 19.8. The van der Waals surface area contributed by atoms with Crippen LogP contribution in [0.4, 0.5) is 0 Å². The normalized spacial score (nSPS) is 15.3. The van der Waals surface area contributed by atoms with E-state index in [1.54, 1.807) is 36.9 Å². The first kappa shape index (κ1) is 33.4. The average molecular weight is 597 g/mol. The lowest BCUT2D eigenvalue weighted by Crippen LogP contribution is -2.41. The summed E-state index contributed by atoms with van der Waals surface area (Å²) in [4.78, 5) is 8.07. The van der Waals surface area contributed by atoms with E-state index in [4.69, 9.17) is 26.0 Å². The van der Waals surface area contributed by atoms with E-state index in [2.05, 4.69) is 75.6 Å². The molecule has 2 N–H and O–H groups in total. The molecule has 4 aromatic heterocycles. The minimum Gasteiger partial charge on any atom is -0.398 e. The number of aromatic nitrogens is 6. The Morgan fingerprint density at radius 2 is 1.29 bits per heavy atom. The summed E-state index contributed by atoms with van der Waals surface area (Å²) in [6.07, 6.45) is 6.86. The second-order valence-corrected chi connectivity index (χ2v) is 11.8. The predicted octanol–water partition coefficient (Wildman–Crippen LogP) is 5.01. The molecule has 0 aromatic carbocycles. The van der Waals surface area contributed by atoms with Gasteiger partial charge in [-0.2, -0.15) is 10.2 Å². The number of aliphatic hydroxyl groups is 2. The molecule has 5 heterocycles. The third kappa shape index (κ3) is 7.84. The summed E-state index contributed by atoms with van der Waals surface area (Å²) in [7, 11) is -0.329. The third-order valence-corrected chi connectivity index (χ3v) is 7.50. The average Bonchev–Trinajstić information content (AvgIpc) is 3.68. The maximum atomic E-state index is 9.28. The lowest BCUT2D eigenvalue weighted by molar-refractivity contribution is 0.00578. The van der Waals surface area contributed by atoms with E-state index < -0.39 is 0 Å². The van der Waals surface area contributed by atoms with E-state index >= 15 is 0 Å². The molecule has 1 fully saturated rings. The Balaban J connectivity index is 0.000000181. The van der Waals surface area contributed by atoms with E-state index in [1.165, 1.54) is 0 Å². The van der Waals surface area contributed by atoms with Crippen LogP contribution in [-0.2, 0) is 22.5 Å². The van der Waals surface area contributed by atoms with Gasteiger partial charge in [-0.25, -0.2) is 4.98 Å². The maximum Gasteiger partial charge on any atom is 0.514 e. The van der Waals surface area contributed by atoms with Gasteiger partial charge >= 0.3 is 7.12 Å². The van der Waals surface area contributed by atoms with Gasteiger partial charge < -0.3 is 19.5 Å². The minimum absolute atomic E-state index is 0.00749. The van der Waals surface area contributed by atoms with Gasteiger partial charge in [-0.05, 0) is 79.7 Å². The molecule has 4 aromatic rings. The number of rotatable bonds is 6. The summed E-state index contributed by atoms with van der Waals surface area (Å²) in [5.41, 5.74) is 3.62. The van der Waals surface area contributed by atoms with Gasteiger partial charge in [0.05, 0.1) is 41.4 Å². The number of hydrogen-bond donors (Lipinski definition) is 2. The van der Waals surface area contributed by atoms with Crippen molar-refractivity contribution in [2.45, 2.75) is 91.9 Å². The highest BCUT2D eigenvalue weighted by atomic mass is 35.5. The highest BCUT2D eigenvalue weighted by molar-refractivity contribution is 6.61. The van der Waals surface area contributed by atoms with Crippen LogP contribution in [0.25, 0.3) is 11.4 Å². The molecule has 0 saturated carbocycles. The fourth-order valence-electron chi connectivity index (χ4n) is 4.15. The summed E-state index contributed by atoms with van der Waals surface area (Å²) >= 11 is 5.55. The van der Waals surface area contributed by atoms with Crippen molar-refractivity contribution in [2.75, 3.05) is 0 Å². The van der Waals surface area contributed by atoms with E-state index in [0.29, 0.717) is 16.8 Å². The van der Waals surface area contributed by atoms with Gasteiger partial charge in [-0.3, -0.25) is 14.3 Å². The van der Waals surface area contributed by atoms with Gasteiger partial charge in [0.2, 0.25) is 0 Å². The van der Waals surface area contributed by atoms with Crippen molar-refractivity contribution >= 4 is 24.3 Å². The van der Waals surface area contributed by atoms with Crippen molar-refractivity contribution < 1.29 is 19.5 Å². The molecule has 1 aliphatic rings. The molecule has 12 heteroatoms. The van der Waals surface area contributed by atoms with E-state index in [9.17, 15) is 5.11 Å². The molecule has 0 spiro atoms. The van der Waals surface area contributed by atoms with E-state index in [1.807, 2.05) is 33.6 Å². The van der Waals surface area contributed by atoms with Crippen molar-refractivity contribution in [1.82, 2.24) is 29.5 Å². The molecular formula is C30H42BClN6O4. The zero-order valence-electron chi connectivity index (χ0n) is 25.7. The van der Waals surface area contributed by atoms with Crippen molar-refractivity contribution in [3.8, 4) is 11.4 Å². The topological polar surface area (TPSA) is 120 Å². The van der Waals surface area contributed by atoms with Crippen LogP contribution in [0.15, 0.2) is 61.2 Å². The maximum absolute atomic E-state index is 9.28. The SMILES string of the molecule is CC(C)n1nccc1-c1ncccc1CO.CC(C)n1nccc1B1OC(C)(C)C(C)(C)O1.OCc1cccnc1Cl. The first-order valence-electron chi connectivity index (χ1n) is 14.0. The van der Waals surface area contributed by atoms with Crippen LogP contribution >= 0.6 is 11.6 Å². The monoisotopic (exact) mass is 596 g/mol. The lowest BCUT2D eigenvalue weighted by atomic mass is 9.84. The third-order valence-electron chi connectivity index (χ3n) is 7.16. The second kappa shape index (κ2) is 14.4. The van der Waals surface area contributed by atoms with Gasteiger partial charge in [-0.1, -0.05) is 23.7 Å². The Labute approximate surface area is 253 Å². The number of nitrogens with zero attached hydrogens (tertiary/aromatic N) is 6. The molecule has 0 bridgehead atoms. The molecule has 0 amide bonds. The number of halogens is 1. The van der Waals surface area contributed by atoms with Gasteiger partial charge in [0.15, 0.2) is 0 Å². The van der Waals surface area contributed by atoms with Crippen LogP contribution in [-0.4, -0.2) is 58.1 Å². The number of aliphatic hydroxyl groups excluding tert-OH is 2. The fraction of sp³-hybridized carbons (Fsp3) is 0.467. The highest BCUT2D eigenvalue weighted by Crippen LogP contribution is 2.36. The molecule has 1 aliphatic heterocycles. The van der Waals surface area contributed by atoms with Crippen molar-refractivity contribution in [2.24, 2.45) is 0 Å². The summed E-state index contributed by atoms with van der Waals surface area (Å²) in [6, 6.07) is 11.6. The van der Waals surface area contributed by atoms with Crippen LogP contribution in [0.3, 0.4) is 0 Å². The van der Waals surface area contributed by atoms with Gasteiger partial charge in [0.1, 0.15) is 5.15 Å². The van der Waals surface area contributed by atoms with Gasteiger partial charge in [0.25, 0.3) is 0 Å². The molecular weight excluding hydrogens is 555 g/mol. The molecule has 10 nitrogen and oxygen atoms in total. The Morgan fingerprint density at radius 1 is 0.762 bits per heavy atom. The fourth-order valence-corrected chi connectivity index (χ4v) is 4.33. The Hall–Kier alpha value is -3.09. The summed E-state index contributed by atoms with van der Waals surface area (Å²) in [5.74, 6) is 0. The number of pyridine rings is 2. The van der Waals surface area contributed by atoms with Crippen LogP contribution in [0.1, 0.15) is 78.6 Å². The Bertz CT molecular complexity index is 1410. The molecule has 0 radical (unpaired) electrons. The molecule has 0 aliphatic carbocycles. The van der Waals surface area contributed by atoms with Crippen LogP contribution in [0.2, 0.25) is 5.15 Å². The molecule has 226 valence electrons. The minimum atomic E-state index is -0.329. The van der Waals surface area contributed by atoms with E-state index in [-0.39, 0.29) is 37.6 Å². The molecule has 42 heavy (non-hydrogen) atoms. The van der Waals surface area contributed by atoms with Crippen molar-refractivity contribution in [3.63, 3.8) is 0 Å². The largest absolute Gasteiger partial charge is 0.514 e. The quantitative estimate of drug-likeness (QED) is 0.235. The lowest BCUT2D eigenvalue weighted by Gasteiger charge is -2.32. The molecule has 5 rings (SSSR count). The predicted molar refractivity (Wildman–Crippen MR) is 165 cm³/mol. The van der Waals surface area contributed by atoms with E-state index in [0.717, 1.165) is 22.5 Å². The Morgan fingerprint density at radius 3 is 1.81 bits per heavy atom. The van der Waals surface area contributed by atoms with Gasteiger partial charge in [-0.15, -0.1) is 0 Å². The summed E-state index contributed by atoms with van der Waals surface area (Å²) in [5, 5.41) is 26.8. The second-order valence-electron chi connectivity index (χ2n) is 11.4. The van der Waals surface area contributed by atoms with Crippen LogP contribution in [0.5, 0.6) is 0 Å². The zero-order valence-corrected chi connectivity index (χ0v) is 26.4. The van der Waals surface area contributed by atoms with Crippen LogP contribution in [0, 0.1) is 0 Å². The number of hydrogen-bond acceptors (Lipinski definition) is 8.